The molecular formula is C10H11N5O. The minimum atomic E-state index is -0.620. The summed E-state index contributed by atoms with van der Waals surface area (Å²) in [5, 5.41) is 6.57. The molecule has 1 aromatic heterocycles. The Morgan fingerprint density at radius 2 is 2.06 bits per heavy atom. The minimum Gasteiger partial charge on any atom is -0.351 e. The highest BCUT2D eigenvalue weighted by atomic mass is 16.2. The number of aromatic nitrogens is 3. The average Bonchev–Trinajstić information content (AvgIpc) is 2.66. The van der Waals surface area contributed by atoms with Crippen LogP contribution in [0.25, 0.3) is 0 Å². The molecule has 82 valence electrons. The summed E-state index contributed by atoms with van der Waals surface area (Å²) in [5.74, 6) is 0.869. The van der Waals surface area contributed by atoms with Gasteiger partial charge < -0.3 is 5.73 Å². The van der Waals surface area contributed by atoms with Crippen molar-refractivity contribution >= 4 is 17.7 Å². The molecule has 6 heteroatoms. The molecule has 0 aliphatic rings. The Balaban J connectivity index is 2.43. The molecule has 0 radical (unpaired) electrons. The van der Waals surface area contributed by atoms with E-state index < -0.39 is 6.03 Å². The van der Waals surface area contributed by atoms with Gasteiger partial charge >= 0.3 is 6.03 Å². The maximum absolute atomic E-state index is 11.4. The van der Waals surface area contributed by atoms with Crippen LogP contribution in [-0.2, 0) is 0 Å². The van der Waals surface area contributed by atoms with Gasteiger partial charge in [0.25, 0.3) is 5.95 Å². The number of urea groups is 1. The number of aromatic amines is 1. The maximum Gasteiger partial charge on any atom is 0.326 e. The molecule has 0 spiro atoms. The molecule has 0 aliphatic heterocycles. The normalized spacial score (nSPS) is 10.1. The zero-order valence-electron chi connectivity index (χ0n) is 8.71. The Morgan fingerprint density at radius 1 is 1.38 bits per heavy atom. The molecule has 0 bridgehead atoms. The number of rotatable bonds is 2. The highest BCUT2D eigenvalue weighted by Gasteiger charge is 2.18. The number of carbonyl (C=O) groups is 1. The quantitative estimate of drug-likeness (QED) is 0.795. The van der Waals surface area contributed by atoms with Crippen LogP contribution in [-0.4, -0.2) is 21.2 Å². The van der Waals surface area contributed by atoms with E-state index in [0.717, 1.165) is 0 Å². The summed E-state index contributed by atoms with van der Waals surface area (Å²) in [6, 6.07) is 8.37. The van der Waals surface area contributed by atoms with Gasteiger partial charge in [0.15, 0.2) is 0 Å². The van der Waals surface area contributed by atoms with Crippen LogP contribution in [0, 0.1) is 6.92 Å². The van der Waals surface area contributed by atoms with Crippen LogP contribution in [0.3, 0.4) is 0 Å². The van der Waals surface area contributed by atoms with Gasteiger partial charge in [-0.3, -0.25) is 5.10 Å². The third-order valence-corrected chi connectivity index (χ3v) is 2.02. The van der Waals surface area contributed by atoms with E-state index >= 15 is 0 Å². The number of carbonyl (C=O) groups excluding carboxylic acids is 1. The Labute approximate surface area is 92.1 Å². The number of hydrogen-bond acceptors (Lipinski definition) is 3. The standard InChI is InChI=1S/C10H11N5O/c1-7-12-10(14-13-7)15(9(11)16)8-5-3-2-4-6-8/h2-6H,1H3,(H2,11,16)(H,12,13,14). The third kappa shape index (κ3) is 1.85. The van der Waals surface area contributed by atoms with Crippen LogP contribution in [0.1, 0.15) is 5.82 Å². The lowest BCUT2D eigenvalue weighted by Crippen LogP contribution is -2.32. The van der Waals surface area contributed by atoms with E-state index in [2.05, 4.69) is 15.2 Å². The number of primary amides is 1. The SMILES string of the molecule is Cc1nc(N(C(N)=O)c2ccccc2)n[nH]1. The van der Waals surface area contributed by atoms with Gasteiger partial charge in [-0.1, -0.05) is 18.2 Å². The van der Waals surface area contributed by atoms with E-state index in [1.807, 2.05) is 18.2 Å². The van der Waals surface area contributed by atoms with Crippen molar-refractivity contribution < 1.29 is 4.79 Å². The number of nitrogens with zero attached hydrogens (tertiary/aromatic N) is 3. The molecule has 0 fully saturated rings. The summed E-state index contributed by atoms with van der Waals surface area (Å²) < 4.78 is 0. The molecule has 0 saturated carbocycles. The molecular weight excluding hydrogens is 206 g/mol. The molecule has 0 atom stereocenters. The van der Waals surface area contributed by atoms with E-state index in [0.29, 0.717) is 11.5 Å². The number of hydrogen-bond donors (Lipinski definition) is 2. The molecule has 3 N–H and O–H groups in total. The van der Waals surface area contributed by atoms with Gasteiger partial charge in [-0.2, -0.15) is 4.98 Å². The molecule has 1 heterocycles. The monoisotopic (exact) mass is 217 g/mol. The first kappa shape index (κ1) is 10.2. The van der Waals surface area contributed by atoms with Gasteiger partial charge in [0.1, 0.15) is 5.82 Å². The molecule has 0 unspecified atom stereocenters. The first-order chi connectivity index (χ1) is 7.68. The van der Waals surface area contributed by atoms with Crippen LogP contribution < -0.4 is 10.6 Å². The van der Waals surface area contributed by atoms with E-state index in [1.54, 1.807) is 19.1 Å². The first-order valence-corrected chi connectivity index (χ1v) is 4.72. The second-order valence-corrected chi connectivity index (χ2v) is 3.23. The minimum absolute atomic E-state index is 0.246. The summed E-state index contributed by atoms with van der Waals surface area (Å²) in [6.07, 6.45) is 0. The molecule has 0 aliphatic carbocycles. The lowest BCUT2D eigenvalue weighted by molar-refractivity contribution is 0.256. The van der Waals surface area contributed by atoms with Gasteiger partial charge in [0.2, 0.25) is 0 Å². The topological polar surface area (TPSA) is 87.9 Å². The highest BCUT2D eigenvalue weighted by molar-refractivity contribution is 5.96. The van der Waals surface area contributed by atoms with Crippen molar-refractivity contribution in [3.8, 4) is 0 Å². The second kappa shape index (κ2) is 4.01. The van der Waals surface area contributed by atoms with Crippen LogP contribution in [0.2, 0.25) is 0 Å². The van der Waals surface area contributed by atoms with E-state index in [1.165, 1.54) is 4.90 Å². The summed E-state index contributed by atoms with van der Waals surface area (Å²) in [6.45, 7) is 1.75. The van der Waals surface area contributed by atoms with Gasteiger partial charge in [-0.05, 0) is 19.1 Å². The number of H-pyrrole nitrogens is 1. The summed E-state index contributed by atoms with van der Waals surface area (Å²) in [5.41, 5.74) is 5.94. The first-order valence-electron chi connectivity index (χ1n) is 4.72. The van der Waals surface area contributed by atoms with Crippen molar-refractivity contribution in [1.82, 2.24) is 15.2 Å². The fraction of sp³-hybridized carbons (Fsp3) is 0.100. The smallest absolute Gasteiger partial charge is 0.326 e. The number of aryl methyl sites for hydroxylation is 1. The highest BCUT2D eigenvalue weighted by Crippen LogP contribution is 2.20. The van der Waals surface area contributed by atoms with E-state index in [-0.39, 0.29) is 5.95 Å². The molecule has 2 amide bonds. The number of nitrogens with two attached hydrogens (primary N) is 1. The summed E-state index contributed by atoms with van der Waals surface area (Å²) >= 11 is 0. The summed E-state index contributed by atoms with van der Waals surface area (Å²) in [4.78, 5) is 16.7. The van der Waals surface area contributed by atoms with Crippen LogP contribution >= 0.6 is 0 Å². The van der Waals surface area contributed by atoms with Gasteiger partial charge in [-0.15, -0.1) is 5.10 Å². The lowest BCUT2D eigenvalue weighted by Gasteiger charge is -2.15. The average molecular weight is 217 g/mol. The molecule has 16 heavy (non-hydrogen) atoms. The van der Waals surface area contributed by atoms with Gasteiger partial charge in [0, 0.05) is 0 Å². The number of benzene rings is 1. The van der Waals surface area contributed by atoms with Crippen LogP contribution in [0.4, 0.5) is 16.4 Å². The largest absolute Gasteiger partial charge is 0.351 e. The Morgan fingerprint density at radius 3 is 2.56 bits per heavy atom. The Hall–Kier alpha value is -2.37. The van der Waals surface area contributed by atoms with E-state index in [9.17, 15) is 4.79 Å². The molecule has 2 aromatic rings. The van der Waals surface area contributed by atoms with Crippen molar-refractivity contribution in [2.24, 2.45) is 5.73 Å². The predicted molar refractivity (Wildman–Crippen MR) is 59.3 cm³/mol. The molecule has 0 saturated heterocycles. The predicted octanol–water partition coefficient (Wildman–Crippen LogP) is 1.33. The molecule has 6 nitrogen and oxygen atoms in total. The van der Waals surface area contributed by atoms with Crippen molar-refractivity contribution in [2.45, 2.75) is 6.92 Å². The third-order valence-electron chi connectivity index (χ3n) is 2.02. The zero-order valence-corrected chi connectivity index (χ0v) is 8.71. The van der Waals surface area contributed by atoms with Crippen LogP contribution in [0.15, 0.2) is 30.3 Å². The number of nitrogens with one attached hydrogen (secondary N) is 1. The summed E-state index contributed by atoms with van der Waals surface area (Å²) in [7, 11) is 0. The lowest BCUT2D eigenvalue weighted by atomic mass is 10.3. The number of para-hydroxylation sites is 1. The Kier molecular flexibility index (Phi) is 2.55. The zero-order chi connectivity index (χ0) is 11.5. The fourth-order valence-electron chi connectivity index (χ4n) is 1.35. The second-order valence-electron chi connectivity index (χ2n) is 3.23. The van der Waals surface area contributed by atoms with Gasteiger partial charge in [0.05, 0.1) is 5.69 Å². The van der Waals surface area contributed by atoms with Crippen molar-refractivity contribution in [1.29, 1.82) is 0 Å². The number of amides is 2. The van der Waals surface area contributed by atoms with Crippen molar-refractivity contribution in [3.63, 3.8) is 0 Å². The van der Waals surface area contributed by atoms with E-state index in [4.69, 9.17) is 5.73 Å². The maximum atomic E-state index is 11.4. The molecule has 2 rings (SSSR count). The number of anilines is 2. The van der Waals surface area contributed by atoms with Gasteiger partial charge in [-0.25, -0.2) is 9.69 Å². The van der Waals surface area contributed by atoms with Crippen molar-refractivity contribution in [3.05, 3.63) is 36.2 Å². The molecule has 1 aromatic carbocycles. The Bertz CT molecular complexity index is 493. The van der Waals surface area contributed by atoms with Crippen LogP contribution in [0.5, 0.6) is 0 Å². The van der Waals surface area contributed by atoms with Crippen molar-refractivity contribution in [2.75, 3.05) is 4.90 Å². The fourth-order valence-corrected chi connectivity index (χ4v) is 1.35.